The van der Waals surface area contributed by atoms with Gasteiger partial charge < -0.3 is 9.64 Å². The Bertz CT molecular complexity index is 924. The number of nitrogens with zero attached hydrogens (tertiary/aromatic N) is 3. The zero-order chi connectivity index (χ0) is 23.8. The van der Waals surface area contributed by atoms with E-state index in [9.17, 15) is 0 Å². The highest BCUT2D eigenvalue weighted by atomic mass is 32.1. The lowest BCUT2D eigenvalue weighted by Gasteiger charge is -2.46. The molecular weight excluding hydrogens is 438 g/mol. The van der Waals surface area contributed by atoms with Crippen molar-refractivity contribution in [1.29, 1.82) is 0 Å². The number of rotatable bonds is 5. The van der Waals surface area contributed by atoms with E-state index in [1.165, 1.54) is 63.0 Å². The number of hydrogen-bond donors (Lipinski definition) is 0. The summed E-state index contributed by atoms with van der Waals surface area (Å²) < 4.78 is 5.57. The maximum absolute atomic E-state index is 5.57. The maximum Gasteiger partial charge on any atom is 0.123 e. The Kier molecular flexibility index (Phi) is 7.07. The van der Waals surface area contributed by atoms with Crippen LogP contribution in [0, 0.1) is 16.7 Å². The van der Waals surface area contributed by atoms with Gasteiger partial charge >= 0.3 is 0 Å². The van der Waals surface area contributed by atoms with Gasteiger partial charge in [0.15, 0.2) is 0 Å². The van der Waals surface area contributed by atoms with Gasteiger partial charge in [0, 0.05) is 68.8 Å². The number of piperazine rings is 1. The van der Waals surface area contributed by atoms with Crippen molar-refractivity contribution in [2.45, 2.75) is 65.7 Å². The van der Waals surface area contributed by atoms with E-state index in [4.69, 9.17) is 4.74 Å². The molecule has 2 aromatic rings. The third-order valence-corrected chi connectivity index (χ3v) is 9.09. The van der Waals surface area contributed by atoms with Crippen molar-refractivity contribution >= 4 is 17.0 Å². The van der Waals surface area contributed by atoms with Crippen molar-refractivity contribution in [1.82, 2.24) is 9.88 Å². The SMILES string of the molecule is CC1(C)CC(c2cc(-c3nccs3)ccc2N2CCN(CC3CCOCC3)CC2)CC(C)(C)C1. The predicted octanol–water partition coefficient (Wildman–Crippen LogP) is 6.68. The van der Waals surface area contributed by atoms with E-state index in [0.29, 0.717) is 16.7 Å². The summed E-state index contributed by atoms with van der Waals surface area (Å²) in [6, 6.07) is 7.21. The highest BCUT2D eigenvalue weighted by molar-refractivity contribution is 7.13. The minimum absolute atomic E-state index is 0.378. The summed E-state index contributed by atoms with van der Waals surface area (Å²) in [5.41, 5.74) is 5.08. The highest BCUT2D eigenvalue weighted by Crippen LogP contribution is 2.53. The molecule has 2 saturated heterocycles. The Morgan fingerprint density at radius 3 is 2.35 bits per heavy atom. The van der Waals surface area contributed by atoms with Crippen molar-refractivity contribution in [3.05, 3.63) is 35.3 Å². The standard InChI is InChI=1S/C29H43N3OS/c1-28(2)18-24(19-29(3,4)21-28)25-17-23(27-30-9-16-34-27)5-6-26(25)32-12-10-31(11-13-32)20-22-7-14-33-15-8-22/h5-6,9,16-17,22,24H,7-8,10-15,18-21H2,1-4H3. The van der Waals surface area contributed by atoms with Gasteiger partial charge in [-0.15, -0.1) is 11.3 Å². The van der Waals surface area contributed by atoms with Gasteiger partial charge in [-0.05, 0) is 78.5 Å². The summed E-state index contributed by atoms with van der Waals surface area (Å²) in [6.07, 6.45) is 8.25. The molecule has 1 aliphatic carbocycles. The fourth-order valence-electron chi connectivity index (χ4n) is 7.20. The fourth-order valence-corrected chi connectivity index (χ4v) is 7.84. The first-order chi connectivity index (χ1) is 16.3. The second-order valence-electron chi connectivity index (χ2n) is 12.6. The topological polar surface area (TPSA) is 28.6 Å². The van der Waals surface area contributed by atoms with Crippen molar-refractivity contribution in [3.8, 4) is 10.6 Å². The Labute approximate surface area is 210 Å². The third kappa shape index (κ3) is 5.68. The Morgan fingerprint density at radius 2 is 1.71 bits per heavy atom. The Hall–Kier alpha value is -1.43. The van der Waals surface area contributed by atoms with E-state index in [0.717, 1.165) is 37.2 Å². The van der Waals surface area contributed by atoms with Crippen LogP contribution in [0.4, 0.5) is 5.69 Å². The lowest BCUT2D eigenvalue weighted by atomic mass is 9.60. The molecule has 3 heterocycles. The average Bonchev–Trinajstić information content (AvgIpc) is 3.33. The van der Waals surface area contributed by atoms with Gasteiger partial charge in [0.1, 0.15) is 5.01 Å². The molecule has 1 aromatic heterocycles. The van der Waals surface area contributed by atoms with E-state index >= 15 is 0 Å². The summed E-state index contributed by atoms with van der Waals surface area (Å²) in [5.74, 6) is 1.43. The molecule has 0 N–H and O–H groups in total. The zero-order valence-electron chi connectivity index (χ0n) is 21.7. The molecule has 0 amide bonds. The van der Waals surface area contributed by atoms with Crippen LogP contribution < -0.4 is 4.90 Å². The average molecular weight is 482 g/mol. The number of aromatic nitrogens is 1. The molecule has 0 spiro atoms. The largest absolute Gasteiger partial charge is 0.381 e. The van der Waals surface area contributed by atoms with Crippen LogP contribution in [-0.2, 0) is 4.74 Å². The molecule has 186 valence electrons. The van der Waals surface area contributed by atoms with E-state index in [-0.39, 0.29) is 0 Å². The smallest absolute Gasteiger partial charge is 0.123 e. The van der Waals surface area contributed by atoms with E-state index in [1.54, 1.807) is 16.9 Å². The van der Waals surface area contributed by atoms with Gasteiger partial charge in [0.2, 0.25) is 0 Å². The van der Waals surface area contributed by atoms with Crippen molar-refractivity contribution < 1.29 is 4.74 Å². The van der Waals surface area contributed by atoms with Crippen LogP contribution in [0.15, 0.2) is 29.8 Å². The summed E-state index contributed by atoms with van der Waals surface area (Å²) in [7, 11) is 0. The number of hydrogen-bond acceptors (Lipinski definition) is 5. The molecular formula is C29H43N3OS. The molecule has 0 unspecified atom stereocenters. The fraction of sp³-hybridized carbons (Fsp3) is 0.690. The van der Waals surface area contributed by atoms with Crippen LogP contribution in [0.5, 0.6) is 0 Å². The lowest BCUT2D eigenvalue weighted by Crippen LogP contribution is -2.48. The molecule has 0 atom stereocenters. The van der Waals surface area contributed by atoms with Crippen molar-refractivity contribution in [3.63, 3.8) is 0 Å². The maximum atomic E-state index is 5.57. The molecule has 0 bridgehead atoms. The molecule has 1 aromatic carbocycles. The van der Waals surface area contributed by atoms with Crippen LogP contribution in [-0.4, -0.2) is 55.8 Å². The monoisotopic (exact) mass is 481 g/mol. The first kappa shape index (κ1) is 24.3. The second kappa shape index (κ2) is 9.91. The van der Waals surface area contributed by atoms with Gasteiger partial charge in [-0.3, -0.25) is 4.90 Å². The van der Waals surface area contributed by atoms with E-state index in [2.05, 4.69) is 66.1 Å². The highest BCUT2D eigenvalue weighted by Gasteiger charge is 2.40. The van der Waals surface area contributed by atoms with Crippen molar-refractivity contribution in [2.75, 3.05) is 50.8 Å². The minimum atomic E-state index is 0.378. The molecule has 1 saturated carbocycles. The van der Waals surface area contributed by atoms with Crippen LogP contribution in [0.2, 0.25) is 0 Å². The first-order valence-electron chi connectivity index (χ1n) is 13.4. The number of anilines is 1. The van der Waals surface area contributed by atoms with Crippen LogP contribution in [0.3, 0.4) is 0 Å². The van der Waals surface area contributed by atoms with E-state index < -0.39 is 0 Å². The number of thiazole rings is 1. The van der Waals surface area contributed by atoms with Crippen LogP contribution in [0.1, 0.15) is 71.3 Å². The van der Waals surface area contributed by atoms with Crippen LogP contribution >= 0.6 is 11.3 Å². The van der Waals surface area contributed by atoms with E-state index in [1.807, 2.05) is 6.20 Å². The molecule has 5 rings (SSSR count). The molecule has 2 aliphatic heterocycles. The van der Waals surface area contributed by atoms with Crippen molar-refractivity contribution in [2.24, 2.45) is 16.7 Å². The minimum Gasteiger partial charge on any atom is -0.381 e. The van der Waals surface area contributed by atoms with Crippen LogP contribution in [0.25, 0.3) is 10.6 Å². The Balaban J connectivity index is 1.37. The van der Waals surface area contributed by atoms with Gasteiger partial charge in [-0.2, -0.15) is 0 Å². The summed E-state index contributed by atoms with van der Waals surface area (Å²) >= 11 is 1.75. The third-order valence-electron chi connectivity index (χ3n) is 8.27. The molecule has 4 nitrogen and oxygen atoms in total. The molecule has 34 heavy (non-hydrogen) atoms. The summed E-state index contributed by atoms with van der Waals surface area (Å²) in [4.78, 5) is 10.0. The van der Waals surface area contributed by atoms with Gasteiger partial charge in [-0.25, -0.2) is 4.98 Å². The van der Waals surface area contributed by atoms with Gasteiger partial charge in [0.05, 0.1) is 0 Å². The van der Waals surface area contributed by atoms with Gasteiger partial charge in [0.25, 0.3) is 0 Å². The first-order valence-corrected chi connectivity index (χ1v) is 14.2. The number of benzene rings is 1. The Morgan fingerprint density at radius 1 is 1.00 bits per heavy atom. The lowest BCUT2D eigenvalue weighted by molar-refractivity contribution is 0.0517. The number of ether oxygens (including phenoxy) is 1. The summed E-state index contributed by atoms with van der Waals surface area (Å²) in [6.45, 7) is 17.7. The second-order valence-corrected chi connectivity index (χ2v) is 13.5. The molecule has 5 heteroatoms. The quantitative estimate of drug-likeness (QED) is 0.476. The molecule has 3 fully saturated rings. The molecule has 0 radical (unpaired) electrons. The summed E-state index contributed by atoms with van der Waals surface area (Å²) in [5, 5.41) is 3.23. The predicted molar refractivity (Wildman–Crippen MR) is 144 cm³/mol. The molecule has 3 aliphatic rings. The zero-order valence-corrected chi connectivity index (χ0v) is 22.5. The van der Waals surface area contributed by atoms with Gasteiger partial charge in [-0.1, -0.05) is 27.7 Å². The normalized spacial score (nSPS) is 24.4.